The molecule has 0 saturated carbocycles. The van der Waals surface area contributed by atoms with Crippen molar-refractivity contribution >= 4 is 17.5 Å². The molecule has 1 fully saturated rings. The molecule has 7 heteroatoms. The predicted octanol–water partition coefficient (Wildman–Crippen LogP) is 2.94. The number of aromatic nitrogens is 2. The molecule has 0 bridgehead atoms. The maximum atomic E-state index is 14.1. The SMILES string of the molecule is O=C(c1ccn[nH]1)N(CCN1CCCC1)Cc1c(F)cccc1Cl. The van der Waals surface area contributed by atoms with Crippen LogP contribution in [0.25, 0.3) is 0 Å². The van der Waals surface area contributed by atoms with Gasteiger partial charge in [0.15, 0.2) is 0 Å². The van der Waals surface area contributed by atoms with E-state index in [0.717, 1.165) is 19.6 Å². The van der Waals surface area contributed by atoms with Gasteiger partial charge in [-0.25, -0.2) is 4.39 Å². The van der Waals surface area contributed by atoms with E-state index in [4.69, 9.17) is 11.6 Å². The molecule has 0 spiro atoms. The van der Waals surface area contributed by atoms with Crippen LogP contribution in [-0.4, -0.2) is 52.1 Å². The zero-order valence-corrected chi connectivity index (χ0v) is 14.1. The Morgan fingerprint density at radius 1 is 1.33 bits per heavy atom. The van der Waals surface area contributed by atoms with Crippen molar-refractivity contribution in [3.63, 3.8) is 0 Å². The number of H-pyrrole nitrogens is 1. The Morgan fingerprint density at radius 2 is 2.12 bits per heavy atom. The van der Waals surface area contributed by atoms with Crippen LogP contribution in [-0.2, 0) is 6.54 Å². The number of nitrogens with one attached hydrogen (secondary N) is 1. The first kappa shape index (κ1) is 16.9. The number of carbonyl (C=O) groups excluding carboxylic acids is 1. The normalized spacial score (nSPS) is 14.9. The number of benzene rings is 1. The van der Waals surface area contributed by atoms with Crippen LogP contribution in [0.2, 0.25) is 5.02 Å². The summed E-state index contributed by atoms with van der Waals surface area (Å²) in [6.45, 7) is 3.52. The molecule has 1 amide bonds. The van der Waals surface area contributed by atoms with Crippen molar-refractivity contribution in [1.29, 1.82) is 0 Å². The van der Waals surface area contributed by atoms with E-state index in [-0.39, 0.29) is 12.5 Å². The van der Waals surface area contributed by atoms with Crippen LogP contribution in [0, 0.1) is 5.82 Å². The fourth-order valence-corrected chi connectivity index (χ4v) is 3.16. The Balaban J connectivity index is 1.76. The van der Waals surface area contributed by atoms with Crippen LogP contribution in [0.4, 0.5) is 4.39 Å². The van der Waals surface area contributed by atoms with Crippen molar-refractivity contribution in [3.8, 4) is 0 Å². The molecule has 1 N–H and O–H groups in total. The summed E-state index contributed by atoms with van der Waals surface area (Å²) in [6, 6.07) is 6.18. The maximum absolute atomic E-state index is 14.1. The largest absolute Gasteiger partial charge is 0.332 e. The second-order valence-electron chi connectivity index (χ2n) is 5.95. The van der Waals surface area contributed by atoms with E-state index in [1.54, 1.807) is 23.1 Å². The second-order valence-corrected chi connectivity index (χ2v) is 6.35. The molecule has 0 unspecified atom stereocenters. The number of rotatable bonds is 6. The van der Waals surface area contributed by atoms with Gasteiger partial charge in [0, 0.05) is 29.9 Å². The minimum Gasteiger partial charge on any atom is -0.332 e. The number of aromatic amines is 1. The molecule has 5 nitrogen and oxygen atoms in total. The first-order valence-electron chi connectivity index (χ1n) is 8.09. The van der Waals surface area contributed by atoms with Crippen LogP contribution in [0.15, 0.2) is 30.5 Å². The average molecular weight is 351 g/mol. The van der Waals surface area contributed by atoms with Gasteiger partial charge in [-0.1, -0.05) is 17.7 Å². The van der Waals surface area contributed by atoms with Gasteiger partial charge >= 0.3 is 0 Å². The van der Waals surface area contributed by atoms with Gasteiger partial charge in [-0.05, 0) is 44.1 Å². The van der Waals surface area contributed by atoms with Gasteiger partial charge in [-0.3, -0.25) is 9.89 Å². The lowest BCUT2D eigenvalue weighted by molar-refractivity contribution is 0.0719. The molecule has 1 aliphatic heterocycles. The zero-order valence-electron chi connectivity index (χ0n) is 13.3. The van der Waals surface area contributed by atoms with E-state index in [1.165, 1.54) is 25.1 Å². The van der Waals surface area contributed by atoms with Crippen LogP contribution < -0.4 is 0 Å². The molecule has 2 heterocycles. The molecule has 3 rings (SSSR count). The molecular formula is C17H20ClFN4O. The number of hydrogen-bond acceptors (Lipinski definition) is 3. The topological polar surface area (TPSA) is 52.2 Å². The first-order valence-corrected chi connectivity index (χ1v) is 8.47. The molecule has 2 aromatic rings. The van der Waals surface area contributed by atoms with Crippen LogP contribution in [0.5, 0.6) is 0 Å². The van der Waals surface area contributed by atoms with Crippen molar-refractivity contribution in [2.45, 2.75) is 19.4 Å². The Bertz CT molecular complexity index is 666. The Labute approximate surface area is 145 Å². The Morgan fingerprint density at radius 3 is 2.79 bits per heavy atom. The monoisotopic (exact) mass is 350 g/mol. The number of amides is 1. The number of carbonyl (C=O) groups is 1. The van der Waals surface area contributed by atoms with Crippen LogP contribution in [0.1, 0.15) is 28.9 Å². The molecular weight excluding hydrogens is 331 g/mol. The molecule has 24 heavy (non-hydrogen) atoms. The van der Waals surface area contributed by atoms with E-state index < -0.39 is 5.82 Å². The number of halogens is 2. The number of likely N-dealkylation sites (tertiary alicyclic amines) is 1. The first-order chi connectivity index (χ1) is 11.6. The number of nitrogens with zero attached hydrogens (tertiary/aromatic N) is 3. The highest BCUT2D eigenvalue weighted by molar-refractivity contribution is 6.31. The standard InChI is InChI=1S/C17H20ClFN4O/c18-14-4-3-5-15(19)13(14)12-23(11-10-22-8-1-2-9-22)17(24)16-6-7-20-21-16/h3-7H,1-2,8-12H2,(H,20,21). The van der Waals surface area contributed by atoms with E-state index in [9.17, 15) is 9.18 Å². The lowest BCUT2D eigenvalue weighted by Crippen LogP contribution is -2.38. The summed E-state index contributed by atoms with van der Waals surface area (Å²) in [7, 11) is 0. The summed E-state index contributed by atoms with van der Waals surface area (Å²) < 4.78 is 14.1. The summed E-state index contributed by atoms with van der Waals surface area (Å²) in [5, 5.41) is 6.83. The molecule has 0 atom stereocenters. The van der Waals surface area contributed by atoms with Crippen molar-refractivity contribution in [2.24, 2.45) is 0 Å². The minimum absolute atomic E-state index is 0.136. The van der Waals surface area contributed by atoms with Crippen molar-refractivity contribution in [3.05, 3.63) is 52.6 Å². The third kappa shape index (κ3) is 3.94. The summed E-state index contributed by atoms with van der Waals surface area (Å²) in [6.07, 6.45) is 3.91. The van der Waals surface area contributed by atoms with Gasteiger partial charge < -0.3 is 9.80 Å². The highest BCUT2D eigenvalue weighted by Gasteiger charge is 2.21. The zero-order chi connectivity index (χ0) is 16.9. The Hall–Kier alpha value is -1.92. The van der Waals surface area contributed by atoms with E-state index in [0.29, 0.717) is 22.8 Å². The average Bonchev–Trinajstić information content (AvgIpc) is 3.27. The number of hydrogen-bond donors (Lipinski definition) is 1. The minimum atomic E-state index is -0.397. The fourth-order valence-electron chi connectivity index (χ4n) is 2.94. The van der Waals surface area contributed by atoms with E-state index in [2.05, 4.69) is 15.1 Å². The summed E-state index contributed by atoms with van der Waals surface area (Å²) in [5.74, 6) is -0.600. The molecule has 0 aliphatic carbocycles. The fraction of sp³-hybridized carbons (Fsp3) is 0.412. The van der Waals surface area contributed by atoms with Crippen LogP contribution >= 0.6 is 11.6 Å². The second kappa shape index (κ2) is 7.77. The van der Waals surface area contributed by atoms with Crippen molar-refractivity contribution < 1.29 is 9.18 Å². The van der Waals surface area contributed by atoms with E-state index >= 15 is 0 Å². The van der Waals surface area contributed by atoms with Gasteiger partial charge in [-0.15, -0.1) is 0 Å². The van der Waals surface area contributed by atoms with Crippen LogP contribution in [0.3, 0.4) is 0 Å². The summed E-state index contributed by atoms with van der Waals surface area (Å²) >= 11 is 6.12. The molecule has 1 saturated heterocycles. The lowest BCUT2D eigenvalue weighted by atomic mass is 10.2. The van der Waals surface area contributed by atoms with Gasteiger partial charge in [0.2, 0.25) is 0 Å². The molecule has 0 radical (unpaired) electrons. The van der Waals surface area contributed by atoms with E-state index in [1.807, 2.05) is 0 Å². The third-order valence-electron chi connectivity index (χ3n) is 4.31. The summed E-state index contributed by atoms with van der Waals surface area (Å²) in [4.78, 5) is 16.6. The van der Waals surface area contributed by atoms with Crippen molar-refractivity contribution in [2.75, 3.05) is 26.2 Å². The molecule has 1 aromatic heterocycles. The van der Waals surface area contributed by atoms with Crippen molar-refractivity contribution in [1.82, 2.24) is 20.0 Å². The third-order valence-corrected chi connectivity index (χ3v) is 4.67. The molecule has 128 valence electrons. The molecule has 1 aromatic carbocycles. The molecule has 1 aliphatic rings. The Kier molecular flexibility index (Phi) is 5.48. The highest BCUT2D eigenvalue weighted by Crippen LogP contribution is 2.21. The maximum Gasteiger partial charge on any atom is 0.272 e. The predicted molar refractivity (Wildman–Crippen MR) is 90.4 cm³/mol. The van der Waals surface area contributed by atoms with Gasteiger partial charge in [0.1, 0.15) is 11.5 Å². The smallest absolute Gasteiger partial charge is 0.272 e. The lowest BCUT2D eigenvalue weighted by Gasteiger charge is -2.25. The van der Waals surface area contributed by atoms with Gasteiger partial charge in [0.25, 0.3) is 5.91 Å². The summed E-state index contributed by atoms with van der Waals surface area (Å²) in [5.41, 5.74) is 0.734. The van der Waals surface area contributed by atoms with Gasteiger partial charge in [-0.2, -0.15) is 5.10 Å². The quantitative estimate of drug-likeness (QED) is 0.871. The highest BCUT2D eigenvalue weighted by atomic mass is 35.5. The van der Waals surface area contributed by atoms with Gasteiger partial charge in [0.05, 0.1) is 6.54 Å².